The van der Waals surface area contributed by atoms with Crippen LogP contribution in [0.4, 0.5) is 10.6 Å². The van der Waals surface area contributed by atoms with E-state index < -0.39 is 0 Å². The van der Waals surface area contributed by atoms with Crippen molar-refractivity contribution < 1.29 is 9.53 Å². The Morgan fingerprint density at radius 1 is 1.15 bits per heavy atom. The zero-order valence-electron chi connectivity index (χ0n) is 15.6. The van der Waals surface area contributed by atoms with Gasteiger partial charge in [-0.1, -0.05) is 12.1 Å². The molecule has 27 heavy (non-hydrogen) atoms. The summed E-state index contributed by atoms with van der Waals surface area (Å²) >= 11 is 0. The van der Waals surface area contributed by atoms with Gasteiger partial charge in [0.05, 0.1) is 12.8 Å². The summed E-state index contributed by atoms with van der Waals surface area (Å²) < 4.78 is 6.84. The summed E-state index contributed by atoms with van der Waals surface area (Å²) in [5.41, 5.74) is 2.97. The number of anilines is 1. The minimum atomic E-state index is -0.318. The predicted octanol–water partition coefficient (Wildman–Crippen LogP) is 2.65. The van der Waals surface area contributed by atoms with Crippen molar-refractivity contribution in [3.8, 4) is 11.6 Å². The van der Waals surface area contributed by atoms with Crippen LogP contribution in [0.1, 0.15) is 17.0 Å². The summed E-state index contributed by atoms with van der Waals surface area (Å²) in [6.07, 6.45) is 2.12. The van der Waals surface area contributed by atoms with Crippen LogP contribution < -0.4 is 15.4 Å². The number of hydrogen-bond donors (Lipinski definition) is 2. The van der Waals surface area contributed by atoms with Crippen molar-refractivity contribution in [1.82, 2.24) is 25.1 Å². The second-order valence-corrected chi connectivity index (χ2v) is 6.08. The van der Waals surface area contributed by atoms with Crippen molar-refractivity contribution in [2.45, 2.75) is 20.3 Å². The summed E-state index contributed by atoms with van der Waals surface area (Å²) in [6, 6.07) is 11.1. The molecule has 0 bridgehead atoms. The van der Waals surface area contributed by atoms with Gasteiger partial charge in [0, 0.05) is 18.3 Å². The molecule has 2 aromatic heterocycles. The van der Waals surface area contributed by atoms with Crippen LogP contribution in [0.2, 0.25) is 0 Å². The third-order valence-electron chi connectivity index (χ3n) is 3.98. The summed E-state index contributed by atoms with van der Waals surface area (Å²) in [4.78, 5) is 20.4. The van der Waals surface area contributed by atoms with E-state index in [0.29, 0.717) is 18.2 Å². The summed E-state index contributed by atoms with van der Waals surface area (Å²) in [6.45, 7) is 4.37. The second-order valence-electron chi connectivity index (χ2n) is 6.08. The lowest BCUT2D eigenvalue weighted by atomic mass is 10.1. The van der Waals surface area contributed by atoms with Gasteiger partial charge in [-0.15, -0.1) is 0 Å². The van der Waals surface area contributed by atoms with Crippen molar-refractivity contribution in [2.24, 2.45) is 0 Å². The van der Waals surface area contributed by atoms with Gasteiger partial charge in [-0.2, -0.15) is 5.10 Å². The predicted molar refractivity (Wildman–Crippen MR) is 102 cm³/mol. The van der Waals surface area contributed by atoms with E-state index in [4.69, 9.17) is 4.74 Å². The van der Waals surface area contributed by atoms with E-state index >= 15 is 0 Å². The van der Waals surface area contributed by atoms with Crippen LogP contribution in [-0.2, 0) is 6.42 Å². The van der Waals surface area contributed by atoms with Gasteiger partial charge >= 0.3 is 6.03 Å². The Morgan fingerprint density at radius 3 is 2.59 bits per heavy atom. The van der Waals surface area contributed by atoms with Gasteiger partial charge < -0.3 is 10.1 Å². The van der Waals surface area contributed by atoms with Gasteiger partial charge in [0.25, 0.3) is 0 Å². The van der Waals surface area contributed by atoms with Gasteiger partial charge in [0.15, 0.2) is 5.82 Å². The number of nitrogens with zero attached hydrogens (tertiary/aromatic N) is 4. The zero-order valence-corrected chi connectivity index (χ0v) is 15.6. The SMILES string of the molecule is COc1ccc(CCNC(=O)Nc2cc(-n3nc(C)cc3C)ncn2)cc1. The number of nitrogens with one attached hydrogen (secondary N) is 2. The van der Waals surface area contributed by atoms with Gasteiger partial charge in [0.2, 0.25) is 0 Å². The standard InChI is InChI=1S/C19H22N6O2/c1-13-10-14(2)25(24-13)18-11-17(21-12-22-18)23-19(26)20-9-8-15-4-6-16(27-3)7-5-15/h4-7,10-12H,8-9H2,1-3H3,(H2,20,21,22,23,26). The Bertz CT molecular complexity index is 920. The highest BCUT2D eigenvalue weighted by Gasteiger charge is 2.08. The number of methoxy groups -OCH3 is 1. The number of hydrogen-bond acceptors (Lipinski definition) is 5. The fourth-order valence-electron chi connectivity index (χ4n) is 2.67. The smallest absolute Gasteiger partial charge is 0.320 e. The molecule has 0 saturated carbocycles. The molecule has 0 aliphatic rings. The van der Waals surface area contributed by atoms with Crippen molar-refractivity contribution in [3.05, 3.63) is 59.7 Å². The molecule has 1 aromatic carbocycles. The van der Waals surface area contributed by atoms with E-state index in [1.54, 1.807) is 17.9 Å². The average molecular weight is 366 g/mol. The maximum atomic E-state index is 12.1. The molecule has 0 unspecified atom stereocenters. The van der Waals surface area contributed by atoms with Crippen LogP contribution in [0.5, 0.6) is 5.75 Å². The topological polar surface area (TPSA) is 94.0 Å². The lowest BCUT2D eigenvalue weighted by Gasteiger charge is -2.09. The molecular formula is C19H22N6O2. The number of rotatable bonds is 6. The molecule has 0 atom stereocenters. The van der Waals surface area contributed by atoms with Crippen LogP contribution in [0.3, 0.4) is 0 Å². The number of aryl methyl sites for hydroxylation is 2. The van der Waals surface area contributed by atoms with Crippen LogP contribution in [0.25, 0.3) is 5.82 Å². The normalized spacial score (nSPS) is 10.5. The van der Waals surface area contributed by atoms with E-state index in [1.807, 2.05) is 44.2 Å². The molecule has 0 aliphatic carbocycles. The molecule has 2 N–H and O–H groups in total. The Hall–Kier alpha value is -3.42. The highest BCUT2D eigenvalue weighted by molar-refractivity contribution is 5.88. The number of carbonyl (C=O) groups is 1. The minimum Gasteiger partial charge on any atom is -0.497 e. The highest BCUT2D eigenvalue weighted by Crippen LogP contribution is 2.13. The minimum absolute atomic E-state index is 0.318. The molecule has 3 aromatic rings. The Kier molecular flexibility index (Phi) is 5.65. The number of urea groups is 1. The fraction of sp³-hybridized carbons (Fsp3) is 0.263. The first kappa shape index (κ1) is 18.4. The maximum Gasteiger partial charge on any atom is 0.320 e. The monoisotopic (exact) mass is 366 g/mol. The Morgan fingerprint density at radius 2 is 1.93 bits per heavy atom. The Labute approximate surface area is 157 Å². The lowest BCUT2D eigenvalue weighted by molar-refractivity contribution is 0.252. The molecule has 2 heterocycles. The molecule has 0 saturated heterocycles. The molecule has 3 rings (SSSR count). The largest absolute Gasteiger partial charge is 0.497 e. The molecule has 2 amide bonds. The third-order valence-corrected chi connectivity index (χ3v) is 3.98. The van der Waals surface area contributed by atoms with Gasteiger partial charge in [-0.25, -0.2) is 19.4 Å². The van der Waals surface area contributed by atoms with E-state index in [2.05, 4.69) is 25.7 Å². The van der Waals surface area contributed by atoms with E-state index in [0.717, 1.165) is 29.1 Å². The van der Waals surface area contributed by atoms with Crippen LogP contribution in [0.15, 0.2) is 42.7 Å². The Balaban J connectivity index is 1.54. The van der Waals surface area contributed by atoms with Crippen molar-refractivity contribution in [3.63, 3.8) is 0 Å². The number of aromatic nitrogens is 4. The second kappa shape index (κ2) is 8.31. The summed E-state index contributed by atoms with van der Waals surface area (Å²) in [5.74, 6) is 1.82. The molecule has 8 heteroatoms. The molecule has 0 spiro atoms. The van der Waals surface area contributed by atoms with Crippen LogP contribution in [0, 0.1) is 13.8 Å². The molecule has 140 valence electrons. The quantitative estimate of drug-likeness (QED) is 0.699. The maximum absolute atomic E-state index is 12.1. The van der Waals surface area contributed by atoms with Crippen LogP contribution in [-0.4, -0.2) is 39.4 Å². The van der Waals surface area contributed by atoms with Crippen molar-refractivity contribution >= 4 is 11.8 Å². The van der Waals surface area contributed by atoms with Crippen molar-refractivity contribution in [2.75, 3.05) is 19.0 Å². The third kappa shape index (κ3) is 4.81. The fourth-order valence-corrected chi connectivity index (χ4v) is 2.67. The first-order valence-corrected chi connectivity index (χ1v) is 8.58. The summed E-state index contributed by atoms with van der Waals surface area (Å²) in [5, 5.41) is 9.92. The first-order chi connectivity index (χ1) is 13.0. The molecule has 8 nitrogen and oxygen atoms in total. The first-order valence-electron chi connectivity index (χ1n) is 8.58. The van der Waals surface area contributed by atoms with Gasteiger partial charge in [-0.05, 0) is 44.0 Å². The zero-order chi connectivity index (χ0) is 19.2. The van der Waals surface area contributed by atoms with Crippen LogP contribution >= 0.6 is 0 Å². The van der Waals surface area contributed by atoms with Crippen molar-refractivity contribution in [1.29, 1.82) is 0 Å². The lowest BCUT2D eigenvalue weighted by Crippen LogP contribution is -2.30. The number of carbonyl (C=O) groups excluding carboxylic acids is 1. The highest BCUT2D eigenvalue weighted by atomic mass is 16.5. The molecular weight excluding hydrogens is 344 g/mol. The number of ether oxygens (including phenoxy) is 1. The van der Waals surface area contributed by atoms with Gasteiger partial charge in [0.1, 0.15) is 17.9 Å². The van der Waals surface area contributed by atoms with E-state index in [-0.39, 0.29) is 6.03 Å². The summed E-state index contributed by atoms with van der Waals surface area (Å²) in [7, 11) is 1.63. The number of benzene rings is 1. The van der Waals surface area contributed by atoms with Gasteiger partial charge in [-0.3, -0.25) is 5.32 Å². The van der Waals surface area contributed by atoms with E-state index in [9.17, 15) is 4.79 Å². The number of amides is 2. The molecule has 0 fully saturated rings. The molecule has 0 aliphatic heterocycles. The molecule has 0 radical (unpaired) electrons. The average Bonchev–Trinajstić information content (AvgIpc) is 3.01. The van der Waals surface area contributed by atoms with E-state index in [1.165, 1.54) is 6.33 Å².